The molecule has 2 heterocycles. The smallest absolute Gasteiger partial charge is 0.426 e. The minimum absolute atomic E-state index is 0.0158. The van der Waals surface area contributed by atoms with Crippen LogP contribution in [0.2, 0.25) is 0 Å². The SMILES string of the molecule is CCOC(=O)c1csc(C(F)(F)F)c1S(=O)(=O)NC(=O)Nc1nc(C)cc(OC)n1. The lowest BCUT2D eigenvalue weighted by molar-refractivity contribution is -0.136. The van der Waals surface area contributed by atoms with Gasteiger partial charge in [-0.2, -0.15) is 18.2 Å². The minimum Gasteiger partial charge on any atom is -0.481 e. The van der Waals surface area contributed by atoms with Crippen LogP contribution in [0.1, 0.15) is 27.9 Å². The lowest BCUT2D eigenvalue weighted by Gasteiger charge is -2.12. The largest absolute Gasteiger partial charge is 0.481 e. The molecule has 2 aromatic rings. The van der Waals surface area contributed by atoms with E-state index in [-0.39, 0.29) is 29.8 Å². The van der Waals surface area contributed by atoms with Gasteiger partial charge in [-0.1, -0.05) is 0 Å². The van der Waals surface area contributed by atoms with E-state index in [0.29, 0.717) is 11.1 Å². The molecule has 2 aromatic heterocycles. The van der Waals surface area contributed by atoms with Crippen molar-refractivity contribution in [3.8, 4) is 5.88 Å². The Morgan fingerprint density at radius 1 is 1.27 bits per heavy atom. The fourth-order valence-corrected chi connectivity index (χ4v) is 4.70. The van der Waals surface area contributed by atoms with Gasteiger partial charge in [0.25, 0.3) is 10.0 Å². The first kappa shape index (κ1) is 23.3. The quantitative estimate of drug-likeness (QED) is 0.618. The first-order chi connectivity index (χ1) is 13.9. The summed E-state index contributed by atoms with van der Waals surface area (Å²) in [6.07, 6.45) is -5.09. The normalized spacial score (nSPS) is 11.7. The molecule has 0 aliphatic heterocycles. The monoisotopic (exact) mass is 468 g/mol. The van der Waals surface area contributed by atoms with Crippen molar-refractivity contribution in [2.75, 3.05) is 19.0 Å². The second kappa shape index (κ2) is 8.83. The van der Waals surface area contributed by atoms with Gasteiger partial charge in [-0.3, -0.25) is 5.32 Å². The Hall–Kier alpha value is -2.94. The third kappa shape index (κ3) is 5.35. The first-order valence-electron chi connectivity index (χ1n) is 7.98. The Balaban J connectivity index is 2.39. The van der Waals surface area contributed by atoms with E-state index in [1.54, 1.807) is 0 Å². The van der Waals surface area contributed by atoms with Gasteiger partial charge in [-0.15, -0.1) is 11.3 Å². The van der Waals surface area contributed by atoms with Crippen LogP contribution in [0.4, 0.5) is 23.9 Å². The zero-order valence-corrected chi connectivity index (χ0v) is 17.3. The number of esters is 1. The Kier molecular flexibility index (Phi) is 6.87. The molecule has 0 spiro atoms. The van der Waals surface area contributed by atoms with E-state index in [1.165, 1.54) is 31.7 Å². The highest BCUT2D eigenvalue weighted by atomic mass is 32.2. The molecular formula is C15H15F3N4O6S2. The number of carbonyl (C=O) groups excluding carboxylic acids is 2. The van der Waals surface area contributed by atoms with Crippen LogP contribution in [0.15, 0.2) is 16.3 Å². The topological polar surface area (TPSA) is 137 Å². The zero-order chi connectivity index (χ0) is 22.7. The molecule has 30 heavy (non-hydrogen) atoms. The van der Waals surface area contributed by atoms with Gasteiger partial charge in [-0.25, -0.2) is 27.7 Å². The fraction of sp³-hybridized carbons (Fsp3) is 0.333. The molecule has 0 unspecified atom stereocenters. The van der Waals surface area contributed by atoms with Gasteiger partial charge in [-0.05, 0) is 13.8 Å². The van der Waals surface area contributed by atoms with Crippen molar-refractivity contribution in [1.82, 2.24) is 14.7 Å². The molecule has 10 nitrogen and oxygen atoms in total. The number of carbonyl (C=O) groups is 2. The van der Waals surface area contributed by atoms with Crippen molar-refractivity contribution in [2.45, 2.75) is 24.9 Å². The van der Waals surface area contributed by atoms with Crippen LogP contribution >= 0.6 is 11.3 Å². The van der Waals surface area contributed by atoms with Gasteiger partial charge in [0, 0.05) is 17.1 Å². The summed E-state index contributed by atoms with van der Waals surface area (Å²) in [4.78, 5) is 28.6. The van der Waals surface area contributed by atoms with Gasteiger partial charge in [0.15, 0.2) is 0 Å². The number of nitrogens with zero attached hydrogens (tertiary/aromatic N) is 2. The summed E-state index contributed by atoms with van der Waals surface area (Å²) in [7, 11) is -3.84. The van der Waals surface area contributed by atoms with Crippen molar-refractivity contribution >= 4 is 39.3 Å². The van der Waals surface area contributed by atoms with E-state index >= 15 is 0 Å². The number of amides is 2. The number of hydrogen-bond donors (Lipinski definition) is 2. The number of ether oxygens (including phenoxy) is 2. The zero-order valence-electron chi connectivity index (χ0n) is 15.7. The highest BCUT2D eigenvalue weighted by Crippen LogP contribution is 2.40. The van der Waals surface area contributed by atoms with Crippen molar-refractivity contribution in [3.63, 3.8) is 0 Å². The Labute approximate surface area is 172 Å². The number of methoxy groups -OCH3 is 1. The molecule has 2 N–H and O–H groups in total. The number of nitrogens with one attached hydrogen (secondary N) is 2. The maximum atomic E-state index is 13.3. The van der Waals surface area contributed by atoms with Gasteiger partial charge < -0.3 is 9.47 Å². The van der Waals surface area contributed by atoms with E-state index in [9.17, 15) is 31.2 Å². The molecule has 0 saturated heterocycles. The number of rotatable bonds is 6. The summed E-state index contributed by atoms with van der Waals surface area (Å²) in [6.45, 7) is 2.73. The lowest BCUT2D eigenvalue weighted by Crippen LogP contribution is -2.36. The third-order valence-corrected chi connectivity index (χ3v) is 5.83. The molecular weight excluding hydrogens is 453 g/mol. The Bertz CT molecular complexity index is 1070. The summed E-state index contributed by atoms with van der Waals surface area (Å²) >= 11 is -0.0158. The minimum atomic E-state index is -5.13. The van der Waals surface area contributed by atoms with Crippen LogP contribution in [0.25, 0.3) is 0 Å². The summed E-state index contributed by atoms with van der Waals surface area (Å²) in [6, 6.07) is -0.0244. The van der Waals surface area contributed by atoms with Crippen molar-refractivity contribution < 1.29 is 40.7 Å². The number of thiophene rings is 1. The summed E-state index contributed by atoms with van der Waals surface area (Å²) in [5.41, 5.74) is -0.482. The molecule has 0 atom stereocenters. The maximum absolute atomic E-state index is 13.3. The molecule has 0 aliphatic rings. The van der Waals surface area contributed by atoms with E-state index in [1.807, 2.05) is 5.32 Å². The lowest BCUT2D eigenvalue weighted by atomic mass is 10.3. The maximum Gasteiger partial charge on any atom is 0.426 e. The number of aromatic nitrogens is 2. The summed E-state index contributed by atoms with van der Waals surface area (Å²) in [5, 5.41) is 2.68. The van der Waals surface area contributed by atoms with E-state index in [4.69, 9.17) is 4.74 Å². The number of anilines is 1. The van der Waals surface area contributed by atoms with E-state index in [2.05, 4.69) is 14.7 Å². The number of alkyl halides is 3. The van der Waals surface area contributed by atoms with Gasteiger partial charge in [0.1, 0.15) is 9.77 Å². The van der Waals surface area contributed by atoms with Crippen LogP contribution in [0, 0.1) is 6.92 Å². The van der Waals surface area contributed by atoms with Crippen LogP contribution in [0.5, 0.6) is 5.88 Å². The molecule has 164 valence electrons. The first-order valence-corrected chi connectivity index (χ1v) is 10.3. The molecule has 15 heteroatoms. The number of urea groups is 1. The molecule has 0 bridgehead atoms. The van der Waals surface area contributed by atoms with Gasteiger partial charge >= 0.3 is 18.2 Å². The van der Waals surface area contributed by atoms with Gasteiger partial charge in [0.2, 0.25) is 11.8 Å². The molecule has 2 amide bonds. The number of hydrogen-bond acceptors (Lipinski definition) is 9. The second-order valence-electron chi connectivity index (χ2n) is 5.46. The predicted molar refractivity (Wildman–Crippen MR) is 97.9 cm³/mol. The summed E-state index contributed by atoms with van der Waals surface area (Å²) in [5.74, 6) is -1.58. The fourth-order valence-electron chi connectivity index (χ4n) is 2.16. The van der Waals surface area contributed by atoms with Gasteiger partial charge in [0.05, 0.1) is 19.3 Å². The van der Waals surface area contributed by atoms with Crippen LogP contribution in [0.3, 0.4) is 0 Å². The average molecular weight is 468 g/mol. The molecule has 0 fully saturated rings. The average Bonchev–Trinajstić information content (AvgIpc) is 3.07. The number of aryl methyl sites for hydroxylation is 1. The molecule has 0 saturated carbocycles. The summed E-state index contributed by atoms with van der Waals surface area (Å²) < 4.78 is 75.8. The van der Waals surface area contributed by atoms with E-state index < -0.39 is 43.5 Å². The van der Waals surface area contributed by atoms with Crippen LogP contribution < -0.4 is 14.8 Å². The third-order valence-electron chi connectivity index (χ3n) is 3.26. The molecule has 0 aromatic carbocycles. The van der Waals surface area contributed by atoms with Crippen molar-refractivity contribution in [2.24, 2.45) is 0 Å². The number of halogens is 3. The van der Waals surface area contributed by atoms with Crippen LogP contribution in [-0.2, 0) is 20.9 Å². The molecule has 2 rings (SSSR count). The van der Waals surface area contributed by atoms with Crippen LogP contribution in [-0.4, -0.2) is 44.1 Å². The van der Waals surface area contributed by atoms with E-state index in [0.717, 1.165) is 0 Å². The van der Waals surface area contributed by atoms with Crippen molar-refractivity contribution in [3.05, 3.63) is 27.6 Å². The second-order valence-corrected chi connectivity index (χ2v) is 7.96. The Morgan fingerprint density at radius 3 is 2.50 bits per heavy atom. The molecule has 0 radical (unpaired) electrons. The highest BCUT2D eigenvalue weighted by Gasteiger charge is 2.43. The molecule has 0 aliphatic carbocycles. The Morgan fingerprint density at radius 2 is 1.93 bits per heavy atom. The predicted octanol–water partition coefficient (Wildman–Crippen LogP) is 2.56. The number of sulfonamides is 1. The van der Waals surface area contributed by atoms with Crippen molar-refractivity contribution in [1.29, 1.82) is 0 Å². The standard InChI is InChI=1S/C15H15F3N4O6S2/c1-4-28-12(23)8-6-29-11(15(16,17)18)10(8)30(25,26)22-14(24)21-13-19-7(2)5-9(20-13)27-3/h5-6H,4H2,1-3H3,(H2,19,20,21,22,24). The highest BCUT2D eigenvalue weighted by molar-refractivity contribution is 7.90.